The fourth-order valence-corrected chi connectivity index (χ4v) is 3.79. The first kappa shape index (κ1) is 18.1. The van der Waals surface area contributed by atoms with Gasteiger partial charge in [-0.1, -0.05) is 35.0 Å². The third-order valence-electron chi connectivity index (χ3n) is 3.77. The summed E-state index contributed by atoms with van der Waals surface area (Å²) in [7, 11) is 0. The second-order valence-corrected chi connectivity index (χ2v) is 7.50. The van der Waals surface area contributed by atoms with Gasteiger partial charge < -0.3 is 4.74 Å². The van der Waals surface area contributed by atoms with Crippen molar-refractivity contribution in [2.24, 2.45) is 0 Å². The van der Waals surface area contributed by atoms with Crippen LogP contribution in [0, 0.1) is 13.8 Å². The van der Waals surface area contributed by atoms with E-state index in [1.54, 1.807) is 0 Å². The monoisotopic (exact) mass is 391 g/mol. The minimum absolute atomic E-state index is 0.387. The Kier molecular flexibility index (Phi) is 5.23. The van der Waals surface area contributed by atoms with Gasteiger partial charge in [0, 0.05) is 33.0 Å². The summed E-state index contributed by atoms with van der Waals surface area (Å²) in [5.74, 6) is 0.0837. The summed E-state index contributed by atoms with van der Waals surface area (Å²) < 4.78 is 5.45. The molecule has 1 heterocycles. The van der Waals surface area contributed by atoms with Crippen molar-refractivity contribution in [2.45, 2.75) is 30.6 Å². The highest BCUT2D eigenvalue weighted by atomic mass is 35.5. The Bertz CT molecular complexity index is 972. The summed E-state index contributed by atoms with van der Waals surface area (Å²) in [5, 5.41) is 1.85. The second-order valence-electron chi connectivity index (χ2n) is 5.57. The minimum atomic E-state index is -0.387. The molecule has 3 rings (SSSR count). The van der Waals surface area contributed by atoms with Crippen molar-refractivity contribution < 1.29 is 9.53 Å². The van der Waals surface area contributed by atoms with Crippen LogP contribution < -0.4 is 4.74 Å². The van der Waals surface area contributed by atoms with Gasteiger partial charge in [0.2, 0.25) is 0 Å². The number of nitrogens with zero attached hydrogens (tertiary/aromatic N) is 1. The lowest BCUT2D eigenvalue weighted by Crippen LogP contribution is -2.05. The highest BCUT2D eigenvalue weighted by Crippen LogP contribution is 2.42. The van der Waals surface area contributed by atoms with E-state index in [0.717, 1.165) is 21.0 Å². The molecule has 0 radical (unpaired) electrons. The summed E-state index contributed by atoms with van der Waals surface area (Å²) in [6.07, 6.45) is 0. The zero-order valence-electron chi connectivity index (χ0n) is 13.9. The van der Waals surface area contributed by atoms with Crippen LogP contribution in [0.3, 0.4) is 0 Å². The maximum Gasteiger partial charge on any atom is 0.308 e. The molecule has 0 atom stereocenters. The summed E-state index contributed by atoms with van der Waals surface area (Å²) in [6.45, 7) is 5.13. The van der Waals surface area contributed by atoms with Crippen molar-refractivity contribution in [3.05, 3.63) is 57.7 Å². The number of esters is 1. The van der Waals surface area contributed by atoms with Crippen LogP contribution in [0.5, 0.6) is 5.75 Å². The molecule has 0 unspecified atom stereocenters. The van der Waals surface area contributed by atoms with Crippen LogP contribution in [0.2, 0.25) is 10.0 Å². The molecule has 0 aliphatic heterocycles. The number of benzene rings is 2. The van der Waals surface area contributed by atoms with Crippen LogP contribution in [0.25, 0.3) is 10.9 Å². The number of carbonyl (C=O) groups is 1. The lowest BCUT2D eigenvalue weighted by atomic mass is 10.1. The van der Waals surface area contributed by atoms with Gasteiger partial charge in [-0.3, -0.25) is 9.78 Å². The van der Waals surface area contributed by atoms with Crippen LogP contribution in [0.4, 0.5) is 0 Å². The van der Waals surface area contributed by atoms with E-state index in [2.05, 4.69) is 4.98 Å². The van der Waals surface area contributed by atoms with Crippen molar-refractivity contribution in [1.29, 1.82) is 0 Å². The number of ether oxygens (including phenoxy) is 1. The number of hydrogen-bond donors (Lipinski definition) is 0. The van der Waals surface area contributed by atoms with Crippen LogP contribution in [-0.4, -0.2) is 11.0 Å². The number of carbonyl (C=O) groups excluding carboxylic acids is 1. The number of aromatic nitrogens is 1. The molecule has 0 amide bonds. The van der Waals surface area contributed by atoms with Crippen molar-refractivity contribution in [1.82, 2.24) is 4.98 Å². The fourth-order valence-electron chi connectivity index (χ4n) is 2.45. The van der Waals surface area contributed by atoms with Gasteiger partial charge in [-0.05, 0) is 50.2 Å². The van der Waals surface area contributed by atoms with Crippen LogP contribution in [0.15, 0.2) is 46.2 Å². The molecule has 0 aliphatic rings. The average molecular weight is 392 g/mol. The molecule has 0 spiro atoms. The molecule has 0 N–H and O–H groups in total. The Morgan fingerprint density at radius 2 is 1.76 bits per heavy atom. The fraction of sp³-hybridized carbons (Fsp3) is 0.158. The first-order valence-electron chi connectivity index (χ1n) is 7.58. The number of halogens is 2. The van der Waals surface area contributed by atoms with E-state index in [-0.39, 0.29) is 5.97 Å². The predicted octanol–water partition coefficient (Wildman–Crippen LogP) is 6.23. The minimum Gasteiger partial charge on any atom is -0.426 e. The Morgan fingerprint density at radius 3 is 2.40 bits per heavy atom. The Labute approximate surface area is 160 Å². The SMILES string of the molecule is CC(=O)Oc1c(C)c(C)nc2ccc(Sc3ccc(Cl)cc3)c(Cl)c12. The number of rotatable bonds is 3. The van der Waals surface area contributed by atoms with Gasteiger partial charge in [-0.15, -0.1) is 0 Å². The highest BCUT2D eigenvalue weighted by Gasteiger charge is 2.18. The van der Waals surface area contributed by atoms with E-state index in [0.29, 0.717) is 26.7 Å². The van der Waals surface area contributed by atoms with Crippen molar-refractivity contribution in [3.63, 3.8) is 0 Å². The van der Waals surface area contributed by atoms with Gasteiger partial charge in [-0.2, -0.15) is 0 Å². The van der Waals surface area contributed by atoms with Crippen LogP contribution in [0.1, 0.15) is 18.2 Å². The summed E-state index contributed by atoms with van der Waals surface area (Å²) in [6, 6.07) is 11.3. The first-order valence-corrected chi connectivity index (χ1v) is 9.15. The zero-order valence-corrected chi connectivity index (χ0v) is 16.2. The Balaban J connectivity index is 2.16. The molecule has 128 valence electrons. The van der Waals surface area contributed by atoms with E-state index in [9.17, 15) is 4.79 Å². The summed E-state index contributed by atoms with van der Waals surface area (Å²) in [5.41, 5.74) is 2.31. The van der Waals surface area contributed by atoms with Crippen molar-refractivity contribution in [2.75, 3.05) is 0 Å². The Morgan fingerprint density at radius 1 is 1.08 bits per heavy atom. The van der Waals surface area contributed by atoms with Gasteiger partial charge in [0.15, 0.2) is 0 Å². The molecular weight excluding hydrogens is 377 g/mol. The molecule has 0 fully saturated rings. The quantitative estimate of drug-likeness (QED) is 0.495. The number of pyridine rings is 1. The van der Waals surface area contributed by atoms with Gasteiger partial charge >= 0.3 is 5.97 Å². The van der Waals surface area contributed by atoms with E-state index < -0.39 is 0 Å². The Hall–Kier alpha value is -1.75. The molecule has 2 aromatic carbocycles. The van der Waals surface area contributed by atoms with E-state index in [1.165, 1.54) is 18.7 Å². The van der Waals surface area contributed by atoms with Gasteiger partial charge in [0.25, 0.3) is 0 Å². The molecule has 3 aromatic rings. The normalized spacial score (nSPS) is 10.9. The molecule has 1 aromatic heterocycles. The smallest absolute Gasteiger partial charge is 0.308 e. The standard InChI is InChI=1S/C19H15Cl2NO2S/c1-10-11(2)22-15-8-9-16(25-14-6-4-13(20)5-7-14)18(21)17(15)19(10)24-12(3)23/h4-9H,1-3H3. The van der Waals surface area contributed by atoms with E-state index in [4.69, 9.17) is 27.9 Å². The third kappa shape index (κ3) is 3.76. The van der Waals surface area contributed by atoms with E-state index in [1.807, 2.05) is 50.2 Å². The van der Waals surface area contributed by atoms with Crippen LogP contribution >= 0.6 is 35.0 Å². The van der Waals surface area contributed by atoms with Gasteiger partial charge in [0.05, 0.1) is 15.9 Å². The molecule has 3 nitrogen and oxygen atoms in total. The molecule has 0 saturated heterocycles. The topological polar surface area (TPSA) is 39.2 Å². The highest BCUT2D eigenvalue weighted by molar-refractivity contribution is 7.99. The molecular formula is C19H15Cl2NO2S. The van der Waals surface area contributed by atoms with Gasteiger partial charge in [0.1, 0.15) is 5.75 Å². The zero-order chi connectivity index (χ0) is 18.1. The lowest BCUT2D eigenvalue weighted by Gasteiger charge is -2.14. The number of aryl methyl sites for hydroxylation is 1. The average Bonchev–Trinajstić information content (AvgIpc) is 2.56. The number of fused-ring (bicyclic) bond motifs is 1. The lowest BCUT2D eigenvalue weighted by molar-refractivity contribution is -0.131. The largest absolute Gasteiger partial charge is 0.426 e. The summed E-state index contributed by atoms with van der Waals surface area (Å²) >= 11 is 14.1. The number of hydrogen-bond acceptors (Lipinski definition) is 4. The molecule has 0 bridgehead atoms. The van der Waals surface area contributed by atoms with Crippen molar-refractivity contribution in [3.8, 4) is 5.75 Å². The maximum atomic E-state index is 11.5. The molecule has 0 saturated carbocycles. The molecule has 6 heteroatoms. The first-order chi connectivity index (χ1) is 11.9. The second kappa shape index (κ2) is 7.24. The third-order valence-corrected chi connectivity index (χ3v) is 5.59. The summed E-state index contributed by atoms with van der Waals surface area (Å²) in [4.78, 5) is 18.0. The van der Waals surface area contributed by atoms with Crippen LogP contribution in [-0.2, 0) is 4.79 Å². The van der Waals surface area contributed by atoms with Gasteiger partial charge in [-0.25, -0.2) is 0 Å². The van der Waals surface area contributed by atoms with Crippen molar-refractivity contribution >= 4 is 51.8 Å². The molecule has 25 heavy (non-hydrogen) atoms. The van der Waals surface area contributed by atoms with E-state index >= 15 is 0 Å². The molecule has 0 aliphatic carbocycles. The predicted molar refractivity (Wildman–Crippen MR) is 103 cm³/mol. The maximum absolute atomic E-state index is 11.5.